The molecule has 1 heterocycles. The SMILES string of the molecule is CCCC(N)C(=O)Nc1ccc(Cl)nc1C. The van der Waals surface area contributed by atoms with Gasteiger partial charge in [0.1, 0.15) is 5.15 Å². The van der Waals surface area contributed by atoms with Crippen LogP contribution in [-0.4, -0.2) is 16.9 Å². The highest BCUT2D eigenvalue weighted by atomic mass is 35.5. The van der Waals surface area contributed by atoms with Crippen LogP contribution < -0.4 is 11.1 Å². The Morgan fingerprint density at radius 2 is 2.31 bits per heavy atom. The lowest BCUT2D eigenvalue weighted by Crippen LogP contribution is -2.35. The Morgan fingerprint density at radius 1 is 1.62 bits per heavy atom. The molecule has 0 aliphatic heterocycles. The van der Waals surface area contributed by atoms with E-state index in [2.05, 4.69) is 10.3 Å². The zero-order valence-electron chi connectivity index (χ0n) is 9.46. The molecular formula is C11H16ClN3O. The third-order valence-corrected chi connectivity index (χ3v) is 2.46. The first-order valence-corrected chi connectivity index (χ1v) is 5.62. The molecule has 1 atom stereocenters. The lowest BCUT2D eigenvalue weighted by molar-refractivity contribution is -0.117. The monoisotopic (exact) mass is 241 g/mol. The summed E-state index contributed by atoms with van der Waals surface area (Å²) in [5, 5.41) is 3.15. The number of halogens is 1. The fraction of sp³-hybridized carbons (Fsp3) is 0.455. The number of carbonyl (C=O) groups excluding carboxylic acids is 1. The van der Waals surface area contributed by atoms with Crippen molar-refractivity contribution >= 4 is 23.2 Å². The Kier molecular flexibility index (Phi) is 4.71. The first-order chi connectivity index (χ1) is 7.54. The number of amides is 1. The van der Waals surface area contributed by atoms with Crippen molar-refractivity contribution in [1.82, 2.24) is 4.98 Å². The van der Waals surface area contributed by atoms with E-state index < -0.39 is 6.04 Å². The summed E-state index contributed by atoms with van der Waals surface area (Å²) in [5.74, 6) is -0.186. The van der Waals surface area contributed by atoms with Gasteiger partial charge in [0, 0.05) is 0 Å². The predicted molar refractivity (Wildman–Crippen MR) is 65.5 cm³/mol. The maximum atomic E-state index is 11.6. The molecule has 0 fully saturated rings. The molecular weight excluding hydrogens is 226 g/mol. The minimum absolute atomic E-state index is 0.186. The highest BCUT2D eigenvalue weighted by Crippen LogP contribution is 2.15. The Balaban J connectivity index is 2.69. The Morgan fingerprint density at radius 3 is 2.88 bits per heavy atom. The average molecular weight is 242 g/mol. The van der Waals surface area contributed by atoms with E-state index in [1.54, 1.807) is 19.1 Å². The summed E-state index contributed by atoms with van der Waals surface area (Å²) in [6.07, 6.45) is 1.55. The number of nitrogens with one attached hydrogen (secondary N) is 1. The standard InChI is InChI=1S/C11H16ClN3O/c1-3-4-8(13)11(16)15-9-5-6-10(12)14-7(9)2/h5-6,8H,3-4,13H2,1-2H3,(H,15,16). The molecule has 1 amide bonds. The maximum absolute atomic E-state index is 11.6. The number of hydrogen-bond donors (Lipinski definition) is 2. The molecule has 1 aromatic rings. The lowest BCUT2D eigenvalue weighted by Gasteiger charge is -2.12. The number of nitrogens with zero attached hydrogens (tertiary/aromatic N) is 1. The van der Waals surface area contributed by atoms with Gasteiger partial charge in [0.25, 0.3) is 0 Å². The second kappa shape index (κ2) is 5.82. The first kappa shape index (κ1) is 12.9. The molecule has 0 aromatic carbocycles. The van der Waals surface area contributed by atoms with Crippen molar-refractivity contribution in [2.45, 2.75) is 32.7 Å². The van der Waals surface area contributed by atoms with Gasteiger partial charge in [-0.15, -0.1) is 0 Å². The Hall–Kier alpha value is -1.13. The molecule has 0 saturated heterocycles. The van der Waals surface area contributed by atoms with Gasteiger partial charge in [-0.2, -0.15) is 0 Å². The minimum Gasteiger partial charge on any atom is -0.323 e. The number of carbonyl (C=O) groups is 1. The van der Waals surface area contributed by atoms with Crippen LogP contribution in [0.15, 0.2) is 12.1 Å². The molecule has 0 bridgehead atoms. The van der Waals surface area contributed by atoms with Gasteiger partial charge >= 0.3 is 0 Å². The molecule has 88 valence electrons. The molecule has 1 rings (SSSR count). The van der Waals surface area contributed by atoms with Crippen molar-refractivity contribution in [1.29, 1.82) is 0 Å². The van der Waals surface area contributed by atoms with Gasteiger partial charge in [-0.1, -0.05) is 24.9 Å². The fourth-order valence-corrected chi connectivity index (χ4v) is 1.52. The molecule has 3 N–H and O–H groups in total. The van der Waals surface area contributed by atoms with Crippen molar-refractivity contribution in [3.63, 3.8) is 0 Å². The number of hydrogen-bond acceptors (Lipinski definition) is 3. The van der Waals surface area contributed by atoms with Crippen LogP contribution in [0.3, 0.4) is 0 Å². The quantitative estimate of drug-likeness (QED) is 0.794. The van der Waals surface area contributed by atoms with Gasteiger partial charge in [-0.05, 0) is 25.5 Å². The number of rotatable bonds is 4. The second-order valence-electron chi connectivity index (χ2n) is 3.65. The molecule has 1 aromatic heterocycles. The highest BCUT2D eigenvalue weighted by molar-refractivity contribution is 6.29. The number of aromatic nitrogens is 1. The normalized spacial score (nSPS) is 12.2. The van der Waals surface area contributed by atoms with Crippen LogP contribution >= 0.6 is 11.6 Å². The summed E-state index contributed by atoms with van der Waals surface area (Å²) in [6.45, 7) is 3.77. The molecule has 0 saturated carbocycles. The van der Waals surface area contributed by atoms with Gasteiger partial charge in [0.15, 0.2) is 0 Å². The zero-order valence-corrected chi connectivity index (χ0v) is 10.2. The van der Waals surface area contributed by atoms with Gasteiger partial charge in [0.2, 0.25) is 5.91 Å². The highest BCUT2D eigenvalue weighted by Gasteiger charge is 2.13. The number of aryl methyl sites for hydroxylation is 1. The van der Waals surface area contributed by atoms with E-state index in [0.29, 0.717) is 23.0 Å². The molecule has 0 aliphatic carbocycles. The van der Waals surface area contributed by atoms with Crippen LogP contribution in [-0.2, 0) is 4.79 Å². The molecule has 0 spiro atoms. The van der Waals surface area contributed by atoms with E-state index in [-0.39, 0.29) is 5.91 Å². The van der Waals surface area contributed by atoms with Gasteiger partial charge in [-0.3, -0.25) is 4.79 Å². The van der Waals surface area contributed by atoms with E-state index >= 15 is 0 Å². The van der Waals surface area contributed by atoms with E-state index in [0.717, 1.165) is 6.42 Å². The van der Waals surface area contributed by atoms with Gasteiger partial charge in [-0.25, -0.2) is 4.98 Å². The van der Waals surface area contributed by atoms with Crippen LogP contribution in [0.1, 0.15) is 25.5 Å². The third kappa shape index (κ3) is 3.47. The smallest absolute Gasteiger partial charge is 0.241 e. The van der Waals surface area contributed by atoms with Crippen molar-refractivity contribution in [3.05, 3.63) is 23.0 Å². The summed E-state index contributed by atoms with van der Waals surface area (Å²) in [7, 11) is 0. The number of anilines is 1. The number of pyridine rings is 1. The Bertz CT molecular complexity index is 381. The van der Waals surface area contributed by atoms with Crippen LogP contribution in [0.2, 0.25) is 5.15 Å². The van der Waals surface area contributed by atoms with Gasteiger partial charge in [0.05, 0.1) is 17.4 Å². The summed E-state index contributed by atoms with van der Waals surface area (Å²) in [6, 6.07) is 2.89. The average Bonchev–Trinajstić information content (AvgIpc) is 2.22. The van der Waals surface area contributed by atoms with E-state index in [4.69, 9.17) is 17.3 Å². The van der Waals surface area contributed by atoms with E-state index in [1.807, 2.05) is 6.92 Å². The van der Waals surface area contributed by atoms with E-state index in [9.17, 15) is 4.79 Å². The molecule has 5 heteroatoms. The van der Waals surface area contributed by atoms with E-state index in [1.165, 1.54) is 0 Å². The van der Waals surface area contributed by atoms with Crippen LogP contribution in [0.25, 0.3) is 0 Å². The van der Waals surface area contributed by atoms with Crippen molar-refractivity contribution in [2.24, 2.45) is 5.73 Å². The maximum Gasteiger partial charge on any atom is 0.241 e. The first-order valence-electron chi connectivity index (χ1n) is 5.24. The van der Waals surface area contributed by atoms with Crippen molar-refractivity contribution < 1.29 is 4.79 Å². The molecule has 1 unspecified atom stereocenters. The second-order valence-corrected chi connectivity index (χ2v) is 4.04. The predicted octanol–water partition coefficient (Wildman–Crippen LogP) is 2.11. The summed E-state index contributed by atoms with van der Waals surface area (Å²) < 4.78 is 0. The Labute approximate surface area is 100 Å². The zero-order chi connectivity index (χ0) is 12.1. The minimum atomic E-state index is -0.472. The van der Waals surface area contributed by atoms with Crippen LogP contribution in [0.4, 0.5) is 5.69 Å². The third-order valence-electron chi connectivity index (χ3n) is 2.25. The largest absolute Gasteiger partial charge is 0.323 e. The molecule has 0 aliphatic rings. The van der Waals surface area contributed by atoms with Crippen molar-refractivity contribution in [3.8, 4) is 0 Å². The fourth-order valence-electron chi connectivity index (χ4n) is 1.33. The molecule has 0 radical (unpaired) electrons. The summed E-state index contributed by atoms with van der Waals surface area (Å²) in [4.78, 5) is 15.7. The number of nitrogens with two attached hydrogens (primary N) is 1. The van der Waals surface area contributed by atoms with Crippen molar-refractivity contribution in [2.75, 3.05) is 5.32 Å². The lowest BCUT2D eigenvalue weighted by atomic mass is 10.1. The van der Waals surface area contributed by atoms with Crippen LogP contribution in [0.5, 0.6) is 0 Å². The summed E-state index contributed by atoms with van der Waals surface area (Å²) in [5.41, 5.74) is 7.04. The summed E-state index contributed by atoms with van der Waals surface area (Å²) >= 11 is 5.72. The molecule has 16 heavy (non-hydrogen) atoms. The molecule has 4 nitrogen and oxygen atoms in total. The van der Waals surface area contributed by atoms with Crippen LogP contribution in [0, 0.1) is 6.92 Å². The van der Waals surface area contributed by atoms with Gasteiger partial charge < -0.3 is 11.1 Å². The topological polar surface area (TPSA) is 68.0 Å².